The molecule has 0 aliphatic heterocycles. The van der Waals surface area contributed by atoms with E-state index in [-0.39, 0.29) is 5.75 Å². The molecule has 0 aliphatic carbocycles. The summed E-state index contributed by atoms with van der Waals surface area (Å²) >= 11 is 0. The molecule has 0 radical (unpaired) electrons. The molecular formula is C8H8O4. The fraction of sp³-hybridized carbons (Fsp3) is 0.250. The van der Waals surface area contributed by atoms with E-state index in [4.69, 9.17) is 0 Å². The largest absolute Gasteiger partial charge is 0.427 e. The van der Waals surface area contributed by atoms with Crippen molar-refractivity contribution in [3.63, 3.8) is 0 Å². The first-order chi connectivity index (χ1) is 5.59. The van der Waals surface area contributed by atoms with Crippen LogP contribution in [0.3, 0.4) is 0 Å². The smallest absolute Gasteiger partial charge is 0.338 e. The van der Waals surface area contributed by atoms with Crippen molar-refractivity contribution in [2.45, 2.75) is 13.8 Å². The van der Waals surface area contributed by atoms with Gasteiger partial charge in [-0.3, -0.25) is 4.79 Å². The molecule has 1 heterocycles. The van der Waals surface area contributed by atoms with Crippen LogP contribution in [0.25, 0.3) is 0 Å². The van der Waals surface area contributed by atoms with Crippen molar-refractivity contribution >= 4 is 5.97 Å². The van der Waals surface area contributed by atoms with E-state index >= 15 is 0 Å². The predicted octanol–water partition coefficient (Wildman–Crippen LogP) is 0.874. The fourth-order valence-corrected chi connectivity index (χ4v) is 0.730. The van der Waals surface area contributed by atoms with Crippen molar-refractivity contribution < 1.29 is 13.9 Å². The monoisotopic (exact) mass is 168 g/mol. The van der Waals surface area contributed by atoms with E-state index in [0.29, 0.717) is 5.56 Å². The molecule has 0 atom stereocenters. The lowest BCUT2D eigenvalue weighted by atomic mass is 10.3. The Kier molecular flexibility index (Phi) is 2.28. The molecule has 0 fully saturated rings. The Morgan fingerprint density at radius 3 is 2.75 bits per heavy atom. The summed E-state index contributed by atoms with van der Waals surface area (Å²) in [6.07, 6.45) is 1.11. The predicted molar refractivity (Wildman–Crippen MR) is 41.0 cm³/mol. The van der Waals surface area contributed by atoms with E-state index in [1.807, 2.05) is 0 Å². The van der Waals surface area contributed by atoms with Gasteiger partial charge in [0.15, 0.2) is 5.75 Å². The summed E-state index contributed by atoms with van der Waals surface area (Å²) < 4.78 is 9.24. The van der Waals surface area contributed by atoms with Crippen LogP contribution >= 0.6 is 0 Å². The zero-order valence-electron chi connectivity index (χ0n) is 6.79. The Morgan fingerprint density at radius 1 is 1.58 bits per heavy atom. The average molecular weight is 168 g/mol. The number of rotatable bonds is 1. The molecule has 0 saturated heterocycles. The summed E-state index contributed by atoms with van der Waals surface area (Å²) in [5, 5.41) is 0. The van der Waals surface area contributed by atoms with Crippen LogP contribution in [-0.4, -0.2) is 5.97 Å². The highest BCUT2D eigenvalue weighted by Gasteiger charge is 2.01. The summed E-state index contributed by atoms with van der Waals surface area (Å²) in [6.45, 7) is 2.86. The SMILES string of the molecule is CC(=O)Oc1coc(=O)c(C)c1. The summed E-state index contributed by atoms with van der Waals surface area (Å²) in [5.74, 6) is -0.192. The molecule has 0 bridgehead atoms. The molecule has 4 heteroatoms. The van der Waals surface area contributed by atoms with Gasteiger partial charge < -0.3 is 9.15 Å². The van der Waals surface area contributed by atoms with Gasteiger partial charge in [0, 0.05) is 12.5 Å². The van der Waals surface area contributed by atoms with Gasteiger partial charge in [-0.25, -0.2) is 4.79 Å². The maximum atomic E-state index is 10.7. The number of hydrogen-bond acceptors (Lipinski definition) is 4. The van der Waals surface area contributed by atoms with Crippen LogP contribution in [0, 0.1) is 6.92 Å². The molecule has 0 saturated carbocycles. The quantitative estimate of drug-likeness (QED) is 0.584. The molecule has 1 aromatic heterocycles. The fourth-order valence-electron chi connectivity index (χ4n) is 0.730. The summed E-state index contributed by atoms with van der Waals surface area (Å²) in [6, 6.07) is 1.45. The van der Waals surface area contributed by atoms with Gasteiger partial charge in [-0.15, -0.1) is 0 Å². The van der Waals surface area contributed by atoms with Gasteiger partial charge in [-0.1, -0.05) is 0 Å². The molecular weight excluding hydrogens is 160 g/mol. The Hall–Kier alpha value is -1.58. The third kappa shape index (κ3) is 1.95. The minimum Gasteiger partial charge on any atom is -0.427 e. The lowest BCUT2D eigenvalue weighted by molar-refractivity contribution is -0.132. The molecule has 0 unspecified atom stereocenters. The Bertz CT molecular complexity index is 350. The van der Waals surface area contributed by atoms with Crippen LogP contribution in [0.1, 0.15) is 12.5 Å². The van der Waals surface area contributed by atoms with E-state index in [1.54, 1.807) is 6.92 Å². The van der Waals surface area contributed by atoms with Crippen LogP contribution in [0.2, 0.25) is 0 Å². The number of carbonyl (C=O) groups excluding carboxylic acids is 1. The molecule has 0 N–H and O–H groups in total. The standard InChI is InChI=1S/C8H8O4/c1-5-3-7(12-6(2)9)4-11-8(5)10/h3-4H,1-2H3. The van der Waals surface area contributed by atoms with Crippen molar-refractivity contribution in [3.05, 3.63) is 28.3 Å². The molecule has 0 spiro atoms. The molecule has 1 rings (SSSR count). The van der Waals surface area contributed by atoms with E-state index in [9.17, 15) is 9.59 Å². The van der Waals surface area contributed by atoms with Crippen LogP contribution in [-0.2, 0) is 4.79 Å². The van der Waals surface area contributed by atoms with Crippen molar-refractivity contribution in [1.29, 1.82) is 0 Å². The minimum atomic E-state index is -0.441. The highest BCUT2D eigenvalue weighted by molar-refractivity contribution is 5.69. The molecule has 12 heavy (non-hydrogen) atoms. The Labute approximate surface area is 68.8 Å². The van der Waals surface area contributed by atoms with E-state index in [1.165, 1.54) is 13.0 Å². The van der Waals surface area contributed by atoms with Gasteiger partial charge in [0.05, 0.1) is 0 Å². The lowest BCUT2D eigenvalue weighted by Crippen LogP contribution is -2.06. The topological polar surface area (TPSA) is 56.5 Å². The molecule has 1 aromatic rings. The first kappa shape index (κ1) is 8.52. The highest BCUT2D eigenvalue weighted by atomic mass is 16.5. The maximum absolute atomic E-state index is 10.7. The first-order valence-corrected chi connectivity index (χ1v) is 3.37. The number of aryl methyl sites for hydroxylation is 1. The number of esters is 1. The molecule has 0 aromatic carbocycles. The van der Waals surface area contributed by atoms with Crippen LogP contribution < -0.4 is 10.4 Å². The van der Waals surface area contributed by atoms with Crippen LogP contribution in [0.15, 0.2) is 21.5 Å². The van der Waals surface area contributed by atoms with Crippen LogP contribution in [0.4, 0.5) is 0 Å². The Balaban J connectivity index is 2.97. The van der Waals surface area contributed by atoms with Gasteiger partial charge >= 0.3 is 11.6 Å². The number of ether oxygens (including phenoxy) is 1. The second-order valence-corrected chi connectivity index (χ2v) is 2.35. The number of hydrogen-bond donors (Lipinski definition) is 0. The molecule has 0 amide bonds. The maximum Gasteiger partial charge on any atom is 0.338 e. The molecule has 4 nitrogen and oxygen atoms in total. The van der Waals surface area contributed by atoms with Crippen molar-refractivity contribution in [1.82, 2.24) is 0 Å². The van der Waals surface area contributed by atoms with Crippen LogP contribution in [0.5, 0.6) is 5.75 Å². The zero-order valence-corrected chi connectivity index (χ0v) is 6.79. The number of carbonyl (C=O) groups is 1. The molecule has 64 valence electrons. The third-order valence-corrected chi connectivity index (χ3v) is 1.22. The summed E-state index contributed by atoms with van der Waals surface area (Å²) in [5.41, 5.74) is -0.0142. The second kappa shape index (κ2) is 3.21. The van der Waals surface area contributed by atoms with Gasteiger partial charge in [-0.2, -0.15) is 0 Å². The van der Waals surface area contributed by atoms with Gasteiger partial charge in [0.2, 0.25) is 0 Å². The van der Waals surface area contributed by atoms with E-state index in [0.717, 1.165) is 6.26 Å². The average Bonchev–Trinajstić information content (AvgIpc) is 1.96. The van der Waals surface area contributed by atoms with Gasteiger partial charge in [0.25, 0.3) is 0 Å². The third-order valence-electron chi connectivity index (χ3n) is 1.22. The van der Waals surface area contributed by atoms with E-state index < -0.39 is 11.6 Å². The second-order valence-electron chi connectivity index (χ2n) is 2.35. The highest BCUT2D eigenvalue weighted by Crippen LogP contribution is 2.08. The van der Waals surface area contributed by atoms with Gasteiger partial charge in [-0.05, 0) is 13.0 Å². The first-order valence-electron chi connectivity index (χ1n) is 3.37. The minimum absolute atomic E-state index is 0.250. The summed E-state index contributed by atoms with van der Waals surface area (Å²) in [7, 11) is 0. The zero-order chi connectivity index (χ0) is 9.14. The van der Waals surface area contributed by atoms with Crippen molar-refractivity contribution in [3.8, 4) is 5.75 Å². The van der Waals surface area contributed by atoms with Crippen molar-refractivity contribution in [2.75, 3.05) is 0 Å². The van der Waals surface area contributed by atoms with Gasteiger partial charge in [0.1, 0.15) is 6.26 Å². The van der Waals surface area contributed by atoms with Crippen molar-refractivity contribution in [2.24, 2.45) is 0 Å². The summed E-state index contributed by atoms with van der Waals surface area (Å²) in [4.78, 5) is 21.2. The van der Waals surface area contributed by atoms with E-state index in [2.05, 4.69) is 9.15 Å². The normalized spacial score (nSPS) is 9.50. The molecule has 0 aliphatic rings. The Morgan fingerprint density at radius 2 is 2.25 bits per heavy atom. The lowest BCUT2D eigenvalue weighted by Gasteiger charge is -1.98.